The lowest BCUT2D eigenvalue weighted by atomic mass is 9.90. The van der Waals surface area contributed by atoms with Crippen LogP contribution in [0.3, 0.4) is 0 Å². The summed E-state index contributed by atoms with van der Waals surface area (Å²) in [6.45, 7) is 5.73. The highest BCUT2D eigenvalue weighted by atomic mass is 16.3. The van der Waals surface area contributed by atoms with Gasteiger partial charge in [0.25, 0.3) is 0 Å². The Balaban J connectivity index is 1.81. The van der Waals surface area contributed by atoms with Gasteiger partial charge in [-0.05, 0) is 29.9 Å². The van der Waals surface area contributed by atoms with Crippen molar-refractivity contribution in [2.45, 2.75) is 39.8 Å². The smallest absolute Gasteiger partial charge is 0.166 e. The molecule has 2 aromatic rings. The molecule has 1 N–H and O–H groups in total. The molecule has 3 rings (SSSR count). The largest absolute Gasteiger partial charge is 0.392 e. The summed E-state index contributed by atoms with van der Waals surface area (Å²) in [6, 6.07) is 3.71. The zero-order valence-corrected chi connectivity index (χ0v) is 15.1. The van der Waals surface area contributed by atoms with Crippen LogP contribution in [0.15, 0.2) is 18.3 Å². The van der Waals surface area contributed by atoms with Crippen LogP contribution in [0.2, 0.25) is 0 Å². The molecule has 25 heavy (non-hydrogen) atoms. The van der Waals surface area contributed by atoms with E-state index in [1.54, 1.807) is 12.3 Å². The zero-order chi connectivity index (χ0) is 18.2. The van der Waals surface area contributed by atoms with Gasteiger partial charge in [0.1, 0.15) is 13.7 Å². The molecule has 0 saturated carbocycles. The molecule has 0 bridgehead atoms. The molecule has 5 nitrogen and oxygen atoms in total. The predicted molar refractivity (Wildman–Crippen MR) is 99.8 cm³/mol. The number of aliphatic hydroxyl groups excluding tert-OH is 1. The highest BCUT2D eigenvalue weighted by Gasteiger charge is 2.32. The van der Waals surface area contributed by atoms with Gasteiger partial charge in [0.15, 0.2) is 6.29 Å². The molecule has 6 heteroatoms. The van der Waals surface area contributed by atoms with Crippen molar-refractivity contribution < 1.29 is 9.90 Å². The van der Waals surface area contributed by atoms with Crippen LogP contribution in [-0.2, 0) is 26.0 Å². The molecule has 0 spiro atoms. The normalized spacial score (nSPS) is 15.2. The fourth-order valence-electron chi connectivity index (χ4n) is 3.77. The molecule has 0 aromatic carbocycles. The quantitative estimate of drug-likeness (QED) is 0.637. The molecule has 1 aliphatic carbocycles. The Morgan fingerprint density at radius 1 is 1.44 bits per heavy atom. The van der Waals surface area contributed by atoms with Gasteiger partial charge in [0, 0.05) is 37.6 Å². The average molecular weight is 337 g/mol. The second-order valence-corrected chi connectivity index (χ2v) is 7.61. The predicted octanol–water partition coefficient (Wildman–Crippen LogP) is 1.24. The number of aromatic nitrogens is 2. The number of carbonyl (C=O) groups excluding carboxylic acids is 1. The van der Waals surface area contributed by atoms with Gasteiger partial charge in [0.05, 0.1) is 12.3 Å². The molecular formula is C19H24BN3O2. The number of nitrogens with zero attached hydrogens (tertiary/aromatic N) is 3. The summed E-state index contributed by atoms with van der Waals surface area (Å²) in [5.41, 5.74) is 4.71. The average Bonchev–Trinajstić information content (AvgIpc) is 3.03. The summed E-state index contributed by atoms with van der Waals surface area (Å²) < 4.78 is 2.12. The van der Waals surface area contributed by atoms with Gasteiger partial charge < -0.3 is 14.6 Å². The van der Waals surface area contributed by atoms with E-state index < -0.39 is 0 Å². The Hall–Kier alpha value is -2.08. The van der Waals surface area contributed by atoms with Gasteiger partial charge in [-0.2, -0.15) is 0 Å². The van der Waals surface area contributed by atoms with Crippen LogP contribution in [0.1, 0.15) is 41.2 Å². The second-order valence-electron chi connectivity index (χ2n) is 7.61. The third-order valence-corrected chi connectivity index (χ3v) is 5.01. The highest BCUT2D eigenvalue weighted by molar-refractivity contribution is 6.33. The second kappa shape index (κ2) is 6.67. The number of aliphatic hydroxyl groups is 1. The number of hydrogen-bond acceptors (Lipinski definition) is 4. The van der Waals surface area contributed by atoms with Crippen LogP contribution in [0.5, 0.6) is 0 Å². The molecule has 0 saturated heterocycles. The van der Waals surface area contributed by atoms with Crippen LogP contribution < -0.4 is 10.4 Å². The summed E-state index contributed by atoms with van der Waals surface area (Å²) in [5, 5.41) is 9.57. The molecule has 0 unspecified atom stereocenters. The van der Waals surface area contributed by atoms with Crippen molar-refractivity contribution in [1.82, 2.24) is 9.55 Å². The molecule has 0 atom stereocenters. The molecule has 0 fully saturated rings. The molecule has 2 heterocycles. The standard InChI is InChI=1S/C19H24BN3O2/c1-19(2)9-13-8-14(11-24)23(17(13)10-19)7-6-22(3)18-15(12-25)16(20)4-5-21-18/h4-5,8,11,25H,6-7,9-10,12H2,1-3H3. The van der Waals surface area contributed by atoms with Crippen LogP contribution in [0.4, 0.5) is 5.82 Å². The fourth-order valence-corrected chi connectivity index (χ4v) is 3.77. The highest BCUT2D eigenvalue weighted by Crippen LogP contribution is 2.37. The van der Waals surface area contributed by atoms with E-state index in [4.69, 9.17) is 7.85 Å². The third kappa shape index (κ3) is 3.36. The topological polar surface area (TPSA) is 58.4 Å². The number of anilines is 1. The minimum Gasteiger partial charge on any atom is -0.392 e. The van der Waals surface area contributed by atoms with Crippen molar-refractivity contribution >= 4 is 25.4 Å². The van der Waals surface area contributed by atoms with E-state index in [1.807, 2.05) is 18.0 Å². The maximum absolute atomic E-state index is 11.5. The van der Waals surface area contributed by atoms with E-state index in [1.165, 1.54) is 11.3 Å². The van der Waals surface area contributed by atoms with Crippen molar-refractivity contribution in [1.29, 1.82) is 0 Å². The van der Waals surface area contributed by atoms with Crippen LogP contribution in [-0.4, -0.2) is 42.4 Å². The monoisotopic (exact) mass is 337 g/mol. The first-order chi connectivity index (χ1) is 11.9. The minimum atomic E-state index is -0.147. The van der Waals surface area contributed by atoms with Crippen molar-refractivity contribution in [3.05, 3.63) is 40.8 Å². The Bertz CT molecular complexity index is 798. The molecule has 1 aliphatic rings. The van der Waals surface area contributed by atoms with E-state index >= 15 is 0 Å². The summed E-state index contributed by atoms with van der Waals surface area (Å²) >= 11 is 0. The van der Waals surface area contributed by atoms with Gasteiger partial charge in [-0.25, -0.2) is 4.98 Å². The Morgan fingerprint density at radius 3 is 2.88 bits per heavy atom. The van der Waals surface area contributed by atoms with E-state index in [9.17, 15) is 9.90 Å². The number of rotatable bonds is 6. The van der Waals surface area contributed by atoms with E-state index in [0.717, 1.165) is 24.8 Å². The molecule has 2 aromatic heterocycles. The van der Waals surface area contributed by atoms with Gasteiger partial charge in [-0.3, -0.25) is 4.79 Å². The van der Waals surface area contributed by atoms with Crippen molar-refractivity contribution in [3.8, 4) is 0 Å². The molecule has 0 aliphatic heterocycles. The molecule has 2 radical (unpaired) electrons. The molecular weight excluding hydrogens is 313 g/mol. The van der Waals surface area contributed by atoms with E-state index in [-0.39, 0.29) is 12.0 Å². The number of carbonyl (C=O) groups is 1. The van der Waals surface area contributed by atoms with Crippen molar-refractivity contribution in [2.75, 3.05) is 18.5 Å². The Morgan fingerprint density at radius 2 is 2.20 bits per heavy atom. The number of likely N-dealkylation sites (N-methyl/N-ethyl adjacent to an activating group) is 1. The third-order valence-electron chi connectivity index (χ3n) is 5.01. The van der Waals surface area contributed by atoms with E-state index in [2.05, 4.69) is 23.4 Å². The zero-order valence-electron chi connectivity index (χ0n) is 15.1. The first-order valence-electron chi connectivity index (χ1n) is 8.58. The Labute approximate surface area is 150 Å². The van der Waals surface area contributed by atoms with Crippen LogP contribution in [0, 0.1) is 5.41 Å². The lowest BCUT2D eigenvalue weighted by Gasteiger charge is -2.23. The number of aldehydes is 1. The van der Waals surface area contributed by atoms with Crippen molar-refractivity contribution in [2.24, 2.45) is 5.41 Å². The van der Waals surface area contributed by atoms with Gasteiger partial charge in [-0.15, -0.1) is 0 Å². The van der Waals surface area contributed by atoms with Gasteiger partial charge >= 0.3 is 0 Å². The van der Waals surface area contributed by atoms with Crippen LogP contribution in [0.25, 0.3) is 0 Å². The van der Waals surface area contributed by atoms with Crippen LogP contribution >= 0.6 is 0 Å². The van der Waals surface area contributed by atoms with Gasteiger partial charge in [-0.1, -0.05) is 25.4 Å². The lowest BCUT2D eigenvalue weighted by molar-refractivity contribution is 0.111. The maximum atomic E-state index is 11.5. The Kier molecular flexibility index (Phi) is 4.74. The van der Waals surface area contributed by atoms with Crippen molar-refractivity contribution in [3.63, 3.8) is 0 Å². The number of pyridine rings is 1. The maximum Gasteiger partial charge on any atom is 0.166 e. The van der Waals surface area contributed by atoms with Gasteiger partial charge in [0.2, 0.25) is 0 Å². The SMILES string of the molecule is [B]c1ccnc(N(C)CCn2c(C=O)cc3c2CC(C)(C)C3)c1CO. The number of hydrogen-bond donors (Lipinski definition) is 1. The summed E-state index contributed by atoms with van der Waals surface area (Å²) in [6.07, 6.45) is 4.58. The number of fused-ring (bicyclic) bond motifs is 1. The summed E-state index contributed by atoms with van der Waals surface area (Å²) in [5.74, 6) is 0.680. The minimum absolute atomic E-state index is 0.147. The fraction of sp³-hybridized carbons (Fsp3) is 0.474. The van der Waals surface area contributed by atoms with E-state index in [0.29, 0.717) is 29.9 Å². The first kappa shape index (κ1) is 17.7. The summed E-state index contributed by atoms with van der Waals surface area (Å²) in [7, 11) is 7.86. The first-order valence-corrected chi connectivity index (χ1v) is 8.58. The summed E-state index contributed by atoms with van der Waals surface area (Å²) in [4.78, 5) is 17.8. The molecule has 130 valence electrons. The molecule has 0 amide bonds. The lowest BCUT2D eigenvalue weighted by Crippen LogP contribution is -2.28.